The molecule has 1 aromatic rings. The van der Waals surface area contributed by atoms with Crippen LogP contribution < -0.4 is 10.1 Å². The quantitative estimate of drug-likeness (QED) is 0.821. The van der Waals surface area contributed by atoms with Crippen LogP contribution in [-0.2, 0) is 9.53 Å². The molecule has 0 bridgehead atoms. The van der Waals surface area contributed by atoms with E-state index in [-0.39, 0.29) is 18.6 Å². The maximum atomic E-state index is 11.4. The molecular formula is C12H15NO3. The van der Waals surface area contributed by atoms with Gasteiger partial charge >= 0.3 is 0 Å². The van der Waals surface area contributed by atoms with Crippen LogP contribution in [0.5, 0.6) is 5.75 Å². The van der Waals surface area contributed by atoms with E-state index < -0.39 is 0 Å². The molecule has 0 aliphatic carbocycles. The van der Waals surface area contributed by atoms with Crippen LogP contribution in [0.4, 0.5) is 0 Å². The van der Waals surface area contributed by atoms with E-state index in [4.69, 9.17) is 9.47 Å². The first-order valence-electron chi connectivity index (χ1n) is 5.30. The second-order valence-electron chi connectivity index (χ2n) is 3.91. The number of ether oxygens (including phenoxy) is 2. The molecule has 1 heterocycles. The van der Waals surface area contributed by atoms with Crippen LogP contribution in [0.1, 0.15) is 5.56 Å². The molecule has 0 unspecified atom stereocenters. The monoisotopic (exact) mass is 221 g/mol. The molecule has 1 amide bonds. The van der Waals surface area contributed by atoms with Gasteiger partial charge < -0.3 is 14.8 Å². The lowest BCUT2D eigenvalue weighted by Crippen LogP contribution is -2.49. The third-order valence-electron chi connectivity index (χ3n) is 2.36. The fourth-order valence-electron chi connectivity index (χ4n) is 1.44. The molecular weight excluding hydrogens is 206 g/mol. The molecule has 16 heavy (non-hydrogen) atoms. The maximum Gasteiger partial charge on any atom is 0.258 e. The summed E-state index contributed by atoms with van der Waals surface area (Å²) in [7, 11) is 0. The van der Waals surface area contributed by atoms with Gasteiger partial charge in [0.25, 0.3) is 5.91 Å². The molecule has 0 saturated carbocycles. The Hall–Kier alpha value is -1.55. The Labute approximate surface area is 94.6 Å². The Morgan fingerprint density at radius 3 is 3.00 bits per heavy atom. The van der Waals surface area contributed by atoms with Crippen molar-refractivity contribution in [3.63, 3.8) is 0 Å². The van der Waals surface area contributed by atoms with Gasteiger partial charge in [-0.25, -0.2) is 0 Å². The van der Waals surface area contributed by atoms with Crippen molar-refractivity contribution < 1.29 is 14.3 Å². The topological polar surface area (TPSA) is 47.6 Å². The average molecular weight is 221 g/mol. The highest BCUT2D eigenvalue weighted by atomic mass is 16.5. The van der Waals surface area contributed by atoms with Gasteiger partial charge in [-0.15, -0.1) is 0 Å². The number of hydrogen-bond donors (Lipinski definition) is 1. The van der Waals surface area contributed by atoms with Gasteiger partial charge in [0, 0.05) is 0 Å². The number of nitrogens with one attached hydrogen (secondary N) is 1. The summed E-state index contributed by atoms with van der Waals surface area (Å²) >= 11 is 0. The van der Waals surface area contributed by atoms with Crippen LogP contribution in [0.2, 0.25) is 0 Å². The Kier molecular flexibility index (Phi) is 3.41. The van der Waals surface area contributed by atoms with E-state index >= 15 is 0 Å². The summed E-state index contributed by atoms with van der Waals surface area (Å²) < 4.78 is 10.3. The lowest BCUT2D eigenvalue weighted by atomic mass is 10.2. The van der Waals surface area contributed by atoms with Gasteiger partial charge in [-0.3, -0.25) is 4.79 Å². The van der Waals surface area contributed by atoms with Gasteiger partial charge in [-0.05, 0) is 24.6 Å². The summed E-state index contributed by atoms with van der Waals surface area (Å²) in [6.45, 7) is 3.25. The Morgan fingerprint density at radius 2 is 2.38 bits per heavy atom. The maximum absolute atomic E-state index is 11.4. The molecule has 0 atom stereocenters. The molecule has 2 rings (SSSR count). The van der Waals surface area contributed by atoms with Crippen molar-refractivity contribution in [1.82, 2.24) is 5.32 Å². The fraction of sp³-hybridized carbons (Fsp3) is 0.417. The van der Waals surface area contributed by atoms with E-state index in [1.54, 1.807) is 0 Å². The normalized spacial score (nSPS) is 15.3. The van der Waals surface area contributed by atoms with E-state index in [0.29, 0.717) is 13.2 Å². The second-order valence-corrected chi connectivity index (χ2v) is 3.91. The Balaban J connectivity index is 1.75. The number of benzene rings is 1. The minimum absolute atomic E-state index is 0.0555. The smallest absolute Gasteiger partial charge is 0.258 e. The van der Waals surface area contributed by atoms with Gasteiger partial charge in [0.1, 0.15) is 5.75 Å². The zero-order valence-corrected chi connectivity index (χ0v) is 9.23. The van der Waals surface area contributed by atoms with Crippen LogP contribution in [0.15, 0.2) is 24.3 Å². The molecule has 0 radical (unpaired) electrons. The molecule has 0 spiro atoms. The predicted octanol–water partition coefficient (Wildman–Crippen LogP) is 0.889. The van der Waals surface area contributed by atoms with Crippen molar-refractivity contribution in [2.75, 3.05) is 19.8 Å². The van der Waals surface area contributed by atoms with E-state index in [2.05, 4.69) is 5.32 Å². The van der Waals surface area contributed by atoms with Crippen LogP contribution in [0, 0.1) is 6.92 Å². The highest BCUT2D eigenvalue weighted by Gasteiger charge is 2.20. The molecule has 1 aromatic carbocycles. The minimum Gasteiger partial charge on any atom is -0.484 e. The molecule has 86 valence electrons. The van der Waals surface area contributed by atoms with Gasteiger partial charge in [-0.2, -0.15) is 0 Å². The molecule has 1 fully saturated rings. The molecule has 4 nitrogen and oxygen atoms in total. The Bertz CT molecular complexity index is 374. The number of amides is 1. The van der Waals surface area contributed by atoms with Crippen LogP contribution in [0.3, 0.4) is 0 Å². The van der Waals surface area contributed by atoms with Crippen molar-refractivity contribution in [3.05, 3.63) is 29.8 Å². The van der Waals surface area contributed by atoms with Crippen molar-refractivity contribution in [1.29, 1.82) is 0 Å². The third-order valence-corrected chi connectivity index (χ3v) is 2.36. The number of aryl methyl sites for hydroxylation is 1. The lowest BCUT2D eigenvalue weighted by molar-refractivity contribution is -0.127. The second kappa shape index (κ2) is 4.99. The van der Waals surface area contributed by atoms with Gasteiger partial charge in [0.15, 0.2) is 6.61 Å². The first-order valence-corrected chi connectivity index (χ1v) is 5.30. The van der Waals surface area contributed by atoms with Crippen molar-refractivity contribution >= 4 is 5.91 Å². The van der Waals surface area contributed by atoms with E-state index in [9.17, 15) is 4.79 Å². The van der Waals surface area contributed by atoms with Gasteiger partial charge in [0.05, 0.1) is 19.3 Å². The summed E-state index contributed by atoms with van der Waals surface area (Å²) in [6.07, 6.45) is 0. The van der Waals surface area contributed by atoms with Crippen LogP contribution in [0.25, 0.3) is 0 Å². The highest BCUT2D eigenvalue weighted by molar-refractivity contribution is 5.77. The van der Waals surface area contributed by atoms with Crippen LogP contribution in [-0.4, -0.2) is 31.8 Å². The summed E-state index contributed by atoms with van der Waals surface area (Å²) in [6, 6.07) is 7.79. The number of carbonyl (C=O) groups excluding carboxylic acids is 1. The van der Waals surface area contributed by atoms with Gasteiger partial charge in [0.2, 0.25) is 0 Å². The SMILES string of the molecule is Cc1cccc(OCC(=O)NC2COC2)c1. The first kappa shape index (κ1) is 11.0. The zero-order valence-electron chi connectivity index (χ0n) is 9.23. The van der Waals surface area contributed by atoms with E-state index in [0.717, 1.165) is 11.3 Å². The van der Waals surface area contributed by atoms with Gasteiger partial charge in [-0.1, -0.05) is 12.1 Å². The largest absolute Gasteiger partial charge is 0.484 e. The first-order chi connectivity index (χ1) is 7.74. The summed E-state index contributed by atoms with van der Waals surface area (Å²) in [5, 5.41) is 2.81. The summed E-state index contributed by atoms with van der Waals surface area (Å²) in [5.74, 6) is 0.620. The van der Waals surface area contributed by atoms with Crippen LogP contribution >= 0.6 is 0 Å². The zero-order chi connectivity index (χ0) is 11.4. The third kappa shape index (κ3) is 2.97. The fourth-order valence-corrected chi connectivity index (χ4v) is 1.44. The van der Waals surface area contributed by atoms with E-state index in [1.165, 1.54) is 0 Å². The molecule has 1 N–H and O–H groups in total. The standard InChI is InChI=1S/C12H15NO3/c1-9-3-2-4-11(5-9)16-8-12(14)13-10-6-15-7-10/h2-5,10H,6-8H2,1H3,(H,13,14). The van der Waals surface area contributed by atoms with Crippen molar-refractivity contribution in [2.45, 2.75) is 13.0 Å². The Morgan fingerprint density at radius 1 is 1.56 bits per heavy atom. The van der Waals surface area contributed by atoms with E-state index in [1.807, 2.05) is 31.2 Å². The number of carbonyl (C=O) groups is 1. The molecule has 1 aliphatic heterocycles. The highest BCUT2D eigenvalue weighted by Crippen LogP contribution is 2.11. The molecule has 4 heteroatoms. The summed E-state index contributed by atoms with van der Waals surface area (Å²) in [5.41, 5.74) is 1.12. The summed E-state index contributed by atoms with van der Waals surface area (Å²) in [4.78, 5) is 11.4. The number of hydrogen-bond acceptors (Lipinski definition) is 3. The average Bonchev–Trinajstić information content (AvgIpc) is 2.21. The lowest BCUT2D eigenvalue weighted by Gasteiger charge is -2.26. The van der Waals surface area contributed by atoms with Crippen molar-refractivity contribution in [2.24, 2.45) is 0 Å². The molecule has 1 saturated heterocycles. The predicted molar refractivity (Wildman–Crippen MR) is 59.4 cm³/mol. The van der Waals surface area contributed by atoms with Crippen molar-refractivity contribution in [3.8, 4) is 5.75 Å². The molecule has 0 aromatic heterocycles. The number of rotatable bonds is 4. The molecule has 1 aliphatic rings. The minimum atomic E-state index is -0.102.